The van der Waals surface area contributed by atoms with Gasteiger partial charge in [-0.1, -0.05) is 5.16 Å². The number of hydrogen-bond acceptors (Lipinski definition) is 9. The topological polar surface area (TPSA) is 140 Å². The fourth-order valence-corrected chi connectivity index (χ4v) is 2.82. The molecule has 2 aliphatic heterocycles. The molecular weight excluding hydrogens is 380 g/mol. The third kappa shape index (κ3) is 3.70. The summed E-state index contributed by atoms with van der Waals surface area (Å²) < 4.78 is 15.8. The number of fused-ring (bicyclic) bond motifs is 1. The van der Waals surface area contributed by atoms with Crippen LogP contribution in [0.15, 0.2) is 43.8 Å². The molecule has 0 bridgehead atoms. The number of rotatable bonds is 5. The molecule has 2 amide bonds. The molecule has 0 saturated carbocycles. The first-order valence-electron chi connectivity index (χ1n) is 8.53. The number of hydrogen-bond donors (Lipinski definition) is 2. The van der Waals surface area contributed by atoms with Crippen molar-refractivity contribution in [2.45, 2.75) is 12.6 Å². The van der Waals surface area contributed by atoms with Crippen LogP contribution in [-0.2, 0) is 16.0 Å². The Kier molecular flexibility index (Phi) is 4.77. The van der Waals surface area contributed by atoms with E-state index < -0.39 is 18.0 Å². The molecule has 2 aliphatic rings. The van der Waals surface area contributed by atoms with E-state index in [2.05, 4.69) is 30.8 Å². The van der Waals surface area contributed by atoms with Gasteiger partial charge in [-0.05, 0) is 18.2 Å². The van der Waals surface area contributed by atoms with Crippen molar-refractivity contribution in [2.24, 2.45) is 15.0 Å². The van der Waals surface area contributed by atoms with Crippen LogP contribution in [0.1, 0.15) is 5.69 Å². The Balaban J connectivity index is 1.43. The summed E-state index contributed by atoms with van der Waals surface area (Å²) in [7, 11) is 3.09. The smallest absolute Gasteiger partial charge is 0.276 e. The van der Waals surface area contributed by atoms with Crippen LogP contribution in [0.4, 0.5) is 0 Å². The molecule has 3 heterocycles. The molecule has 0 fully saturated rings. The Morgan fingerprint density at radius 2 is 2.07 bits per heavy atom. The van der Waals surface area contributed by atoms with E-state index in [9.17, 15) is 9.59 Å². The molecule has 11 heteroatoms. The van der Waals surface area contributed by atoms with E-state index in [-0.39, 0.29) is 18.1 Å². The minimum atomic E-state index is -0.720. The fraction of sp³-hybridized carbons (Fsp3) is 0.222. The maximum atomic E-state index is 12.3. The molecule has 4 rings (SSSR count). The van der Waals surface area contributed by atoms with E-state index in [1.165, 1.54) is 13.4 Å². The molecule has 2 N–H and O–H groups in total. The Bertz CT molecular complexity index is 1070. The first kappa shape index (κ1) is 18.3. The van der Waals surface area contributed by atoms with Gasteiger partial charge in [0.2, 0.25) is 11.9 Å². The van der Waals surface area contributed by atoms with Crippen molar-refractivity contribution < 1.29 is 23.6 Å². The molecule has 1 unspecified atom stereocenters. The van der Waals surface area contributed by atoms with Crippen LogP contribution in [-0.4, -0.2) is 55.4 Å². The average molecular weight is 396 g/mol. The Hall–Kier alpha value is -4.02. The Labute approximate surface area is 164 Å². The summed E-state index contributed by atoms with van der Waals surface area (Å²) in [5, 5.41) is 8.90. The Morgan fingerprint density at radius 1 is 1.24 bits per heavy atom. The van der Waals surface area contributed by atoms with Crippen LogP contribution in [0, 0.1) is 0 Å². The zero-order valence-corrected chi connectivity index (χ0v) is 15.5. The number of nitrogens with one attached hydrogen (secondary N) is 2. The van der Waals surface area contributed by atoms with Gasteiger partial charge in [0.15, 0.2) is 29.1 Å². The standard InChI is InChI=1S/C18H16N6O5/c1-27-11-4-3-9(5-13(11)28-2)12-6-10(24-29-12)7-14(25)21-18-22-16-15(17(26)23-18)19-8-20-16/h3-6,8,16H,7H2,1-2H3,(H2,21,22,23,25,26). The third-order valence-electron chi connectivity index (χ3n) is 4.19. The van der Waals surface area contributed by atoms with Crippen molar-refractivity contribution in [1.29, 1.82) is 0 Å². The van der Waals surface area contributed by atoms with E-state index in [0.29, 0.717) is 23.0 Å². The number of carbonyl (C=O) groups is 2. The minimum Gasteiger partial charge on any atom is -0.493 e. The fourth-order valence-electron chi connectivity index (χ4n) is 2.82. The first-order valence-corrected chi connectivity index (χ1v) is 8.53. The lowest BCUT2D eigenvalue weighted by Crippen LogP contribution is -2.52. The van der Waals surface area contributed by atoms with Crippen molar-refractivity contribution in [3.05, 3.63) is 30.0 Å². The predicted octanol–water partition coefficient (Wildman–Crippen LogP) is 0.312. The van der Waals surface area contributed by atoms with E-state index >= 15 is 0 Å². The number of ether oxygens (including phenoxy) is 2. The van der Waals surface area contributed by atoms with Crippen LogP contribution in [0.2, 0.25) is 0 Å². The maximum Gasteiger partial charge on any atom is 0.276 e. The van der Waals surface area contributed by atoms with Crippen molar-refractivity contribution in [2.75, 3.05) is 14.2 Å². The number of benzene rings is 1. The quantitative estimate of drug-likeness (QED) is 0.746. The van der Waals surface area contributed by atoms with Crippen LogP contribution >= 0.6 is 0 Å². The molecule has 11 nitrogen and oxygen atoms in total. The lowest BCUT2D eigenvalue weighted by atomic mass is 10.1. The normalized spacial score (nSPS) is 17.2. The van der Waals surface area contributed by atoms with Gasteiger partial charge in [0.1, 0.15) is 6.34 Å². The van der Waals surface area contributed by atoms with E-state index in [0.717, 1.165) is 5.56 Å². The number of carbonyl (C=O) groups excluding carboxylic acids is 2. The van der Waals surface area contributed by atoms with Gasteiger partial charge in [-0.2, -0.15) is 0 Å². The van der Waals surface area contributed by atoms with Gasteiger partial charge < -0.3 is 14.0 Å². The number of aromatic nitrogens is 1. The van der Waals surface area contributed by atoms with Crippen LogP contribution in [0.3, 0.4) is 0 Å². The number of aliphatic imine (C=N–C) groups is 3. The molecule has 1 atom stereocenters. The van der Waals surface area contributed by atoms with Crippen molar-refractivity contribution in [1.82, 2.24) is 15.8 Å². The summed E-state index contributed by atoms with van der Waals surface area (Å²) in [6.45, 7) is 0. The summed E-state index contributed by atoms with van der Waals surface area (Å²) in [5.74, 6) is 0.757. The molecule has 0 radical (unpaired) electrons. The van der Waals surface area contributed by atoms with Gasteiger partial charge in [-0.3, -0.25) is 20.2 Å². The number of guanidine groups is 1. The van der Waals surface area contributed by atoms with Gasteiger partial charge in [-0.25, -0.2) is 15.0 Å². The molecule has 1 aromatic carbocycles. The SMILES string of the molecule is COc1ccc(-c2cc(CC(=O)NC3=NC4N=CN=C4C(=O)N3)no2)cc1OC. The van der Waals surface area contributed by atoms with E-state index in [1.807, 2.05) is 0 Å². The summed E-state index contributed by atoms with van der Waals surface area (Å²) in [5.41, 5.74) is 1.33. The first-order chi connectivity index (χ1) is 14.1. The van der Waals surface area contributed by atoms with Gasteiger partial charge in [0, 0.05) is 11.6 Å². The van der Waals surface area contributed by atoms with Crippen LogP contribution in [0.25, 0.3) is 11.3 Å². The molecule has 0 aliphatic carbocycles. The summed E-state index contributed by atoms with van der Waals surface area (Å²) >= 11 is 0. The summed E-state index contributed by atoms with van der Waals surface area (Å²) in [4.78, 5) is 36.0. The monoisotopic (exact) mass is 396 g/mol. The molecule has 0 spiro atoms. The molecule has 1 aromatic heterocycles. The highest BCUT2D eigenvalue weighted by Gasteiger charge is 2.31. The van der Waals surface area contributed by atoms with E-state index in [1.54, 1.807) is 31.4 Å². The zero-order valence-electron chi connectivity index (χ0n) is 15.5. The summed E-state index contributed by atoms with van der Waals surface area (Å²) in [6.07, 6.45) is 0.474. The van der Waals surface area contributed by atoms with Crippen molar-refractivity contribution >= 4 is 29.8 Å². The minimum absolute atomic E-state index is 0.0200. The van der Waals surface area contributed by atoms with Gasteiger partial charge in [-0.15, -0.1) is 0 Å². The van der Waals surface area contributed by atoms with Crippen molar-refractivity contribution in [3.8, 4) is 22.8 Å². The lowest BCUT2D eigenvalue weighted by Gasteiger charge is -2.17. The Morgan fingerprint density at radius 3 is 2.86 bits per heavy atom. The predicted molar refractivity (Wildman–Crippen MR) is 102 cm³/mol. The van der Waals surface area contributed by atoms with Gasteiger partial charge in [0.05, 0.1) is 26.3 Å². The second-order valence-corrected chi connectivity index (χ2v) is 6.06. The second kappa shape index (κ2) is 7.54. The van der Waals surface area contributed by atoms with Crippen LogP contribution in [0.5, 0.6) is 11.5 Å². The lowest BCUT2D eigenvalue weighted by molar-refractivity contribution is -0.119. The molecule has 29 heavy (non-hydrogen) atoms. The van der Waals surface area contributed by atoms with E-state index in [4.69, 9.17) is 14.0 Å². The number of nitrogens with zero attached hydrogens (tertiary/aromatic N) is 4. The average Bonchev–Trinajstić information content (AvgIpc) is 3.37. The second-order valence-electron chi connectivity index (χ2n) is 6.06. The van der Waals surface area contributed by atoms with Crippen LogP contribution < -0.4 is 20.1 Å². The highest BCUT2D eigenvalue weighted by atomic mass is 16.5. The highest BCUT2D eigenvalue weighted by Crippen LogP contribution is 2.32. The van der Waals surface area contributed by atoms with Gasteiger partial charge >= 0.3 is 0 Å². The summed E-state index contributed by atoms with van der Waals surface area (Å²) in [6, 6.07) is 6.93. The molecule has 148 valence electrons. The number of amides is 2. The number of methoxy groups -OCH3 is 2. The van der Waals surface area contributed by atoms with Gasteiger partial charge in [0.25, 0.3) is 5.91 Å². The third-order valence-corrected chi connectivity index (χ3v) is 4.19. The largest absolute Gasteiger partial charge is 0.493 e. The highest BCUT2D eigenvalue weighted by molar-refractivity contribution is 6.46. The molecule has 2 aromatic rings. The van der Waals surface area contributed by atoms with Crippen molar-refractivity contribution in [3.63, 3.8) is 0 Å². The zero-order chi connectivity index (χ0) is 20.4. The molecule has 0 saturated heterocycles. The maximum absolute atomic E-state index is 12.3. The molecular formula is C18H16N6O5.